The van der Waals surface area contributed by atoms with Gasteiger partial charge in [-0.3, -0.25) is 0 Å². The Morgan fingerprint density at radius 3 is 2.39 bits per heavy atom. The lowest BCUT2D eigenvalue weighted by atomic mass is 10.0. The second kappa shape index (κ2) is 8.63. The summed E-state index contributed by atoms with van der Waals surface area (Å²) in [5.41, 5.74) is 7.08. The first-order valence-corrected chi connectivity index (χ1v) is 10.5. The van der Waals surface area contributed by atoms with Gasteiger partial charge in [-0.1, -0.05) is 38.5 Å². The van der Waals surface area contributed by atoms with Gasteiger partial charge >= 0.3 is 0 Å². The van der Waals surface area contributed by atoms with Crippen molar-refractivity contribution in [2.24, 2.45) is 0 Å². The second-order valence-corrected chi connectivity index (χ2v) is 7.59. The van der Waals surface area contributed by atoms with Gasteiger partial charge in [0.25, 0.3) is 0 Å². The Balaban J connectivity index is 2.14. The van der Waals surface area contributed by atoms with E-state index in [2.05, 4.69) is 69.0 Å². The molecule has 0 radical (unpaired) electrons. The minimum absolute atomic E-state index is 0.878. The first-order valence-electron chi connectivity index (χ1n) is 10.5. The first kappa shape index (κ1) is 20.2. The highest BCUT2D eigenvalue weighted by Gasteiger charge is 2.19. The first-order chi connectivity index (χ1) is 13.5. The molecule has 0 spiro atoms. The van der Waals surface area contributed by atoms with E-state index in [9.17, 15) is 0 Å². The van der Waals surface area contributed by atoms with Crippen molar-refractivity contribution in [3.05, 3.63) is 46.6 Å². The van der Waals surface area contributed by atoms with Crippen molar-refractivity contribution < 1.29 is 0 Å². The Bertz CT molecular complexity index is 951. The molecule has 5 nitrogen and oxygen atoms in total. The van der Waals surface area contributed by atoms with Gasteiger partial charge in [0.15, 0.2) is 5.65 Å². The molecule has 28 heavy (non-hydrogen) atoms. The summed E-state index contributed by atoms with van der Waals surface area (Å²) in [6.07, 6.45) is 5.03. The molecule has 3 aromatic rings. The fourth-order valence-corrected chi connectivity index (χ4v) is 4.00. The van der Waals surface area contributed by atoms with Crippen LogP contribution in [0.5, 0.6) is 0 Å². The van der Waals surface area contributed by atoms with E-state index >= 15 is 0 Å². The normalized spacial score (nSPS) is 11.2. The van der Waals surface area contributed by atoms with Crippen LogP contribution in [0.4, 0.5) is 17.3 Å². The molecule has 0 amide bonds. The van der Waals surface area contributed by atoms with E-state index in [4.69, 9.17) is 4.98 Å². The average Bonchev–Trinajstić information content (AvgIpc) is 3.12. The molecular weight excluding hydrogens is 346 g/mol. The molecule has 1 N–H and O–H groups in total. The Hall–Kier alpha value is -2.56. The van der Waals surface area contributed by atoms with Gasteiger partial charge in [0.1, 0.15) is 11.6 Å². The molecule has 0 bridgehead atoms. The van der Waals surface area contributed by atoms with Crippen LogP contribution in [-0.2, 0) is 6.42 Å². The number of nitrogens with one attached hydrogen (secondary N) is 1. The summed E-state index contributed by atoms with van der Waals surface area (Å²) in [5, 5.41) is 8.23. The maximum absolute atomic E-state index is 4.89. The molecule has 2 aromatic heterocycles. The van der Waals surface area contributed by atoms with Crippen LogP contribution in [-0.4, -0.2) is 27.7 Å². The van der Waals surface area contributed by atoms with Crippen molar-refractivity contribution in [2.45, 2.75) is 60.8 Å². The van der Waals surface area contributed by atoms with Crippen molar-refractivity contribution in [2.75, 3.05) is 23.3 Å². The number of benzene rings is 1. The third kappa shape index (κ3) is 3.84. The Kier molecular flexibility index (Phi) is 6.22. The molecule has 0 atom stereocenters. The van der Waals surface area contributed by atoms with Crippen molar-refractivity contribution in [1.82, 2.24) is 14.6 Å². The number of fused-ring (bicyclic) bond motifs is 1. The third-order valence-corrected chi connectivity index (χ3v) is 5.21. The number of hydrogen-bond donors (Lipinski definition) is 1. The van der Waals surface area contributed by atoms with Crippen LogP contribution in [0.2, 0.25) is 0 Å². The number of aromatic nitrogens is 3. The molecule has 0 saturated carbocycles. The van der Waals surface area contributed by atoms with Gasteiger partial charge in [-0.15, -0.1) is 0 Å². The zero-order valence-corrected chi connectivity index (χ0v) is 18.1. The summed E-state index contributed by atoms with van der Waals surface area (Å²) < 4.78 is 1.98. The van der Waals surface area contributed by atoms with Crippen molar-refractivity contribution in [1.29, 1.82) is 0 Å². The van der Waals surface area contributed by atoms with E-state index < -0.39 is 0 Å². The minimum atomic E-state index is 0.878. The zero-order chi connectivity index (χ0) is 20.3. The van der Waals surface area contributed by atoms with Crippen molar-refractivity contribution >= 4 is 23.0 Å². The van der Waals surface area contributed by atoms with Crippen LogP contribution >= 0.6 is 0 Å². The predicted octanol–water partition coefficient (Wildman–Crippen LogP) is 5.59. The number of nitrogens with zero attached hydrogens (tertiary/aromatic N) is 4. The van der Waals surface area contributed by atoms with Gasteiger partial charge in [-0.05, 0) is 51.2 Å². The van der Waals surface area contributed by atoms with E-state index in [-0.39, 0.29) is 0 Å². The third-order valence-electron chi connectivity index (χ3n) is 5.21. The van der Waals surface area contributed by atoms with E-state index in [0.29, 0.717) is 0 Å². The van der Waals surface area contributed by atoms with Gasteiger partial charge in [0.05, 0.1) is 6.20 Å². The number of rotatable bonds is 8. The maximum Gasteiger partial charge on any atom is 0.159 e. The standard InChI is InChI=1S/C23H33N5/c1-7-12-27(13-8-2)23-18(6)22(25-20-10-11-24-28(20)23)26-21-17(5)14-16(4)15-19(21)9-3/h10-11,14-15H,7-9,12-13H2,1-6H3,(H,25,26). The lowest BCUT2D eigenvalue weighted by molar-refractivity contribution is 0.712. The Morgan fingerprint density at radius 1 is 1.04 bits per heavy atom. The predicted molar refractivity (Wildman–Crippen MR) is 119 cm³/mol. The summed E-state index contributed by atoms with van der Waals surface area (Å²) >= 11 is 0. The highest BCUT2D eigenvalue weighted by molar-refractivity contribution is 5.72. The summed E-state index contributed by atoms with van der Waals surface area (Å²) in [4.78, 5) is 7.33. The summed E-state index contributed by atoms with van der Waals surface area (Å²) in [6.45, 7) is 15.2. The van der Waals surface area contributed by atoms with E-state index in [0.717, 1.165) is 55.2 Å². The fourth-order valence-electron chi connectivity index (χ4n) is 4.00. The molecule has 150 valence electrons. The second-order valence-electron chi connectivity index (χ2n) is 7.59. The molecule has 5 heteroatoms. The van der Waals surface area contributed by atoms with Crippen molar-refractivity contribution in [3.8, 4) is 0 Å². The van der Waals surface area contributed by atoms with Crippen LogP contribution in [0.3, 0.4) is 0 Å². The van der Waals surface area contributed by atoms with E-state index in [1.807, 2.05) is 16.8 Å². The molecular formula is C23H33N5. The average molecular weight is 380 g/mol. The molecule has 0 saturated heterocycles. The van der Waals surface area contributed by atoms with Gasteiger partial charge in [0, 0.05) is 30.4 Å². The number of hydrogen-bond acceptors (Lipinski definition) is 4. The highest BCUT2D eigenvalue weighted by Crippen LogP contribution is 2.32. The van der Waals surface area contributed by atoms with Gasteiger partial charge in [0.2, 0.25) is 0 Å². The van der Waals surface area contributed by atoms with Crippen LogP contribution in [0, 0.1) is 20.8 Å². The Morgan fingerprint density at radius 2 is 1.75 bits per heavy atom. The molecule has 2 heterocycles. The largest absolute Gasteiger partial charge is 0.356 e. The molecule has 0 aliphatic heterocycles. The lowest BCUT2D eigenvalue weighted by Crippen LogP contribution is -2.28. The Labute approximate surface area is 168 Å². The highest BCUT2D eigenvalue weighted by atomic mass is 15.4. The molecule has 0 unspecified atom stereocenters. The fraction of sp³-hybridized carbons (Fsp3) is 0.478. The molecule has 1 aromatic carbocycles. The maximum atomic E-state index is 4.89. The summed E-state index contributed by atoms with van der Waals surface area (Å²) in [7, 11) is 0. The van der Waals surface area contributed by atoms with Crippen molar-refractivity contribution in [3.63, 3.8) is 0 Å². The summed E-state index contributed by atoms with van der Waals surface area (Å²) in [6, 6.07) is 6.48. The van der Waals surface area contributed by atoms with Gasteiger partial charge in [-0.2, -0.15) is 9.61 Å². The van der Waals surface area contributed by atoms with Crippen LogP contribution in [0.1, 0.15) is 55.9 Å². The summed E-state index contributed by atoms with van der Waals surface area (Å²) in [5.74, 6) is 2.06. The quantitative estimate of drug-likeness (QED) is 0.554. The number of aryl methyl sites for hydroxylation is 3. The zero-order valence-electron chi connectivity index (χ0n) is 18.1. The lowest BCUT2D eigenvalue weighted by Gasteiger charge is -2.27. The van der Waals surface area contributed by atoms with Crippen LogP contribution in [0.25, 0.3) is 5.65 Å². The van der Waals surface area contributed by atoms with Crippen LogP contribution < -0.4 is 10.2 Å². The number of anilines is 3. The topological polar surface area (TPSA) is 45.5 Å². The van der Waals surface area contributed by atoms with E-state index in [1.54, 1.807) is 0 Å². The van der Waals surface area contributed by atoms with E-state index in [1.165, 1.54) is 22.4 Å². The van der Waals surface area contributed by atoms with Gasteiger partial charge in [-0.25, -0.2) is 4.98 Å². The minimum Gasteiger partial charge on any atom is -0.356 e. The molecule has 0 aliphatic carbocycles. The SMILES string of the molecule is CCCN(CCC)c1c(C)c(Nc2c(C)cc(C)cc2CC)nc2ccnn12. The van der Waals surface area contributed by atoms with Gasteiger partial charge < -0.3 is 10.2 Å². The molecule has 0 aliphatic rings. The smallest absolute Gasteiger partial charge is 0.159 e. The monoisotopic (exact) mass is 379 g/mol. The molecule has 0 fully saturated rings. The molecule has 3 rings (SSSR count). The van der Waals surface area contributed by atoms with Crippen LogP contribution in [0.15, 0.2) is 24.4 Å².